The van der Waals surface area contributed by atoms with Crippen molar-refractivity contribution in [2.75, 3.05) is 5.75 Å². The van der Waals surface area contributed by atoms with Gasteiger partial charge in [0.1, 0.15) is 0 Å². The maximum atomic E-state index is 10.9. The molecule has 1 unspecified atom stereocenters. The zero-order valence-electron chi connectivity index (χ0n) is 9.16. The second kappa shape index (κ2) is 5.01. The van der Waals surface area contributed by atoms with E-state index in [-0.39, 0.29) is 5.91 Å². The van der Waals surface area contributed by atoms with Crippen molar-refractivity contribution in [1.29, 1.82) is 0 Å². The van der Waals surface area contributed by atoms with Gasteiger partial charge in [-0.05, 0) is 18.8 Å². The van der Waals surface area contributed by atoms with Crippen molar-refractivity contribution >= 4 is 22.8 Å². The first-order valence-electron chi connectivity index (χ1n) is 5.74. The van der Waals surface area contributed by atoms with Crippen LogP contribution in [0.2, 0.25) is 0 Å². The highest BCUT2D eigenvalue weighted by Crippen LogP contribution is 2.32. The molecule has 1 aliphatic heterocycles. The van der Waals surface area contributed by atoms with Gasteiger partial charge in [-0.1, -0.05) is 31.0 Å². The molecule has 1 aliphatic carbocycles. The number of nitrogens with one attached hydrogen (secondary N) is 1. The molecule has 0 aromatic rings. The quantitative estimate of drug-likeness (QED) is 0.744. The second-order valence-electron chi connectivity index (χ2n) is 4.39. The fourth-order valence-corrected chi connectivity index (χ4v) is 3.47. The number of hydrogen-bond donors (Lipinski definition) is 1. The molecule has 84 valence electrons. The summed E-state index contributed by atoms with van der Waals surface area (Å²) in [5, 5.41) is 3.62. The van der Waals surface area contributed by atoms with E-state index < -0.39 is 0 Å². The Labute approximate surface area is 95.1 Å². The van der Waals surface area contributed by atoms with Gasteiger partial charge in [-0.25, -0.2) is 0 Å². The van der Waals surface area contributed by atoms with Gasteiger partial charge in [-0.2, -0.15) is 0 Å². The number of aliphatic imine (C=N–C) groups is 1. The molecule has 4 heteroatoms. The molecule has 0 saturated heterocycles. The van der Waals surface area contributed by atoms with E-state index in [2.05, 4.69) is 10.3 Å². The molecule has 0 aromatic heterocycles. The van der Waals surface area contributed by atoms with Gasteiger partial charge in [0.05, 0.1) is 6.04 Å². The molecule has 1 amide bonds. The Hall–Kier alpha value is -0.510. The number of nitrogens with zero attached hydrogens (tertiary/aromatic N) is 1. The Kier molecular flexibility index (Phi) is 3.67. The van der Waals surface area contributed by atoms with Crippen LogP contribution in [0.25, 0.3) is 0 Å². The lowest BCUT2D eigenvalue weighted by Gasteiger charge is -2.24. The number of carbonyl (C=O) groups is 1. The molecule has 3 nitrogen and oxygen atoms in total. The van der Waals surface area contributed by atoms with E-state index in [0.717, 1.165) is 16.8 Å². The maximum Gasteiger partial charge on any atom is 0.222 e. The monoisotopic (exact) mass is 226 g/mol. The first kappa shape index (κ1) is 11.0. The smallest absolute Gasteiger partial charge is 0.222 e. The predicted molar refractivity (Wildman–Crippen MR) is 64.1 cm³/mol. The van der Waals surface area contributed by atoms with Crippen LogP contribution in [-0.2, 0) is 4.79 Å². The molecule has 1 fully saturated rings. The van der Waals surface area contributed by atoms with Gasteiger partial charge < -0.3 is 5.32 Å². The minimum atomic E-state index is -0.00876. The summed E-state index contributed by atoms with van der Waals surface area (Å²) in [4.78, 5) is 15.5. The van der Waals surface area contributed by atoms with Crippen molar-refractivity contribution in [1.82, 2.24) is 5.32 Å². The topological polar surface area (TPSA) is 41.5 Å². The Morgan fingerprint density at radius 2 is 2.13 bits per heavy atom. The zero-order valence-corrected chi connectivity index (χ0v) is 9.98. The summed E-state index contributed by atoms with van der Waals surface area (Å²) in [5.74, 6) is 1.81. The second-order valence-corrected chi connectivity index (χ2v) is 5.40. The van der Waals surface area contributed by atoms with Crippen LogP contribution >= 0.6 is 11.8 Å². The third kappa shape index (κ3) is 2.97. The van der Waals surface area contributed by atoms with Gasteiger partial charge in [0.15, 0.2) is 5.17 Å². The SMILES string of the molecule is CC(=O)NC1=NC(C2CCCCC2)CS1. The average Bonchev–Trinajstić information content (AvgIpc) is 2.67. The van der Waals surface area contributed by atoms with Crippen molar-refractivity contribution in [3.8, 4) is 0 Å². The van der Waals surface area contributed by atoms with E-state index in [1.165, 1.54) is 39.0 Å². The lowest BCUT2D eigenvalue weighted by molar-refractivity contribution is -0.117. The molecule has 1 atom stereocenters. The highest BCUT2D eigenvalue weighted by Gasteiger charge is 2.28. The van der Waals surface area contributed by atoms with E-state index in [1.54, 1.807) is 11.8 Å². The fourth-order valence-electron chi connectivity index (χ4n) is 2.37. The summed E-state index contributed by atoms with van der Waals surface area (Å²) in [6.07, 6.45) is 6.75. The summed E-state index contributed by atoms with van der Waals surface area (Å²) in [6, 6.07) is 0.456. The van der Waals surface area contributed by atoms with Crippen LogP contribution in [0.5, 0.6) is 0 Å². The van der Waals surface area contributed by atoms with Crippen LogP contribution < -0.4 is 5.32 Å². The molecule has 0 bridgehead atoms. The van der Waals surface area contributed by atoms with Gasteiger partial charge in [0.2, 0.25) is 5.91 Å². The Morgan fingerprint density at radius 1 is 1.40 bits per heavy atom. The van der Waals surface area contributed by atoms with Crippen LogP contribution in [-0.4, -0.2) is 22.9 Å². The first-order chi connectivity index (χ1) is 7.25. The average molecular weight is 226 g/mol. The minimum absolute atomic E-state index is 0.00876. The zero-order chi connectivity index (χ0) is 10.7. The van der Waals surface area contributed by atoms with Crippen molar-refractivity contribution in [3.05, 3.63) is 0 Å². The number of amidine groups is 1. The first-order valence-corrected chi connectivity index (χ1v) is 6.72. The summed E-state index contributed by atoms with van der Waals surface area (Å²) in [7, 11) is 0. The number of thioether (sulfide) groups is 1. The van der Waals surface area contributed by atoms with Crippen LogP contribution in [0.3, 0.4) is 0 Å². The van der Waals surface area contributed by atoms with Crippen LogP contribution in [0.4, 0.5) is 0 Å². The van der Waals surface area contributed by atoms with E-state index in [1.807, 2.05) is 0 Å². The summed E-state index contributed by atoms with van der Waals surface area (Å²) in [5.41, 5.74) is 0. The highest BCUT2D eigenvalue weighted by atomic mass is 32.2. The molecular formula is C11H18N2OS. The van der Waals surface area contributed by atoms with Crippen LogP contribution in [0.15, 0.2) is 4.99 Å². The van der Waals surface area contributed by atoms with Crippen molar-refractivity contribution in [2.45, 2.75) is 45.1 Å². The molecular weight excluding hydrogens is 208 g/mol. The van der Waals surface area contributed by atoms with E-state index in [0.29, 0.717) is 6.04 Å². The standard InChI is InChI=1S/C11H18N2OS/c1-8(14)12-11-13-10(7-15-11)9-5-3-2-4-6-9/h9-10H,2-7H2,1H3,(H,12,13,14). The van der Waals surface area contributed by atoms with Crippen molar-refractivity contribution in [3.63, 3.8) is 0 Å². The third-order valence-corrected chi connectivity index (χ3v) is 4.14. The number of amides is 1. The molecule has 1 N–H and O–H groups in total. The van der Waals surface area contributed by atoms with Gasteiger partial charge in [-0.15, -0.1) is 0 Å². The number of carbonyl (C=O) groups excluding carboxylic acids is 1. The minimum Gasteiger partial charge on any atom is -0.306 e. The van der Waals surface area contributed by atoms with Crippen LogP contribution in [0.1, 0.15) is 39.0 Å². The molecule has 0 aromatic carbocycles. The Balaban J connectivity index is 1.89. The largest absolute Gasteiger partial charge is 0.306 e. The molecule has 1 saturated carbocycles. The van der Waals surface area contributed by atoms with E-state index in [9.17, 15) is 4.79 Å². The molecule has 0 radical (unpaired) electrons. The highest BCUT2D eigenvalue weighted by molar-refractivity contribution is 8.14. The van der Waals surface area contributed by atoms with E-state index in [4.69, 9.17) is 0 Å². The Morgan fingerprint density at radius 3 is 2.80 bits per heavy atom. The summed E-state index contributed by atoms with van der Waals surface area (Å²) < 4.78 is 0. The molecule has 2 rings (SSSR count). The fraction of sp³-hybridized carbons (Fsp3) is 0.818. The van der Waals surface area contributed by atoms with Gasteiger partial charge in [0.25, 0.3) is 0 Å². The Bertz CT molecular complexity index is 272. The van der Waals surface area contributed by atoms with Crippen molar-refractivity contribution in [2.24, 2.45) is 10.9 Å². The van der Waals surface area contributed by atoms with Gasteiger partial charge in [0, 0.05) is 12.7 Å². The third-order valence-electron chi connectivity index (χ3n) is 3.15. The van der Waals surface area contributed by atoms with Gasteiger partial charge in [-0.3, -0.25) is 9.79 Å². The maximum absolute atomic E-state index is 10.9. The summed E-state index contributed by atoms with van der Waals surface area (Å²) in [6.45, 7) is 1.54. The summed E-state index contributed by atoms with van der Waals surface area (Å²) >= 11 is 1.69. The molecule has 15 heavy (non-hydrogen) atoms. The number of rotatable bonds is 1. The van der Waals surface area contributed by atoms with E-state index >= 15 is 0 Å². The van der Waals surface area contributed by atoms with Crippen molar-refractivity contribution < 1.29 is 4.79 Å². The van der Waals surface area contributed by atoms with Crippen LogP contribution in [0, 0.1) is 5.92 Å². The number of hydrogen-bond acceptors (Lipinski definition) is 3. The molecule has 0 spiro atoms. The lowest BCUT2D eigenvalue weighted by Crippen LogP contribution is -2.25. The van der Waals surface area contributed by atoms with Gasteiger partial charge >= 0.3 is 0 Å². The predicted octanol–water partition coefficient (Wildman–Crippen LogP) is 2.17. The lowest BCUT2D eigenvalue weighted by atomic mass is 9.85. The molecule has 1 heterocycles. The normalized spacial score (nSPS) is 27.5. The molecule has 2 aliphatic rings.